The molecule has 0 radical (unpaired) electrons. The number of nitrogens with one attached hydrogen (secondary N) is 1. The Morgan fingerprint density at radius 1 is 1.23 bits per heavy atom. The summed E-state index contributed by atoms with van der Waals surface area (Å²) in [4.78, 5) is 13.9. The van der Waals surface area contributed by atoms with Crippen LogP contribution in [0.25, 0.3) is 0 Å². The van der Waals surface area contributed by atoms with Gasteiger partial charge in [0.1, 0.15) is 0 Å². The number of amides is 1. The summed E-state index contributed by atoms with van der Waals surface area (Å²) >= 11 is 3.52. The summed E-state index contributed by atoms with van der Waals surface area (Å²) in [5.41, 5.74) is 3.26. The maximum Gasteiger partial charge on any atom is 0.224 e. The van der Waals surface area contributed by atoms with Crippen LogP contribution in [0, 0.1) is 0 Å². The molecule has 22 heavy (non-hydrogen) atoms. The van der Waals surface area contributed by atoms with Gasteiger partial charge in [-0.05, 0) is 43.2 Å². The lowest BCUT2D eigenvalue weighted by molar-refractivity contribution is -0.117. The smallest absolute Gasteiger partial charge is 0.224 e. The SMILES string of the molecule is CC(=O)N1c2cc(Br)ccc2C(Nc2ccccc2)CC1C. The molecular formula is C18H19BrN2O. The number of benzene rings is 2. The van der Waals surface area contributed by atoms with Crippen LogP contribution in [0.1, 0.15) is 31.9 Å². The number of rotatable bonds is 2. The number of carbonyl (C=O) groups excluding carboxylic acids is 1. The minimum Gasteiger partial charge on any atom is -0.378 e. The number of carbonyl (C=O) groups is 1. The molecule has 1 N–H and O–H groups in total. The van der Waals surface area contributed by atoms with E-state index in [1.165, 1.54) is 5.56 Å². The van der Waals surface area contributed by atoms with Crippen molar-refractivity contribution in [3.05, 3.63) is 58.6 Å². The fourth-order valence-corrected chi connectivity index (χ4v) is 3.53. The second-order valence-electron chi connectivity index (χ2n) is 5.74. The molecule has 0 aliphatic carbocycles. The molecule has 2 atom stereocenters. The molecule has 0 saturated heterocycles. The molecule has 1 amide bonds. The molecule has 1 heterocycles. The number of para-hydroxylation sites is 1. The number of hydrogen-bond donors (Lipinski definition) is 1. The molecule has 0 bridgehead atoms. The third-order valence-corrected chi connectivity index (χ3v) is 4.59. The fourth-order valence-electron chi connectivity index (χ4n) is 3.18. The highest BCUT2D eigenvalue weighted by atomic mass is 79.9. The van der Waals surface area contributed by atoms with Gasteiger partial charge in [-0.2, -0.15) is 0 Å². The quantitative estimate of drug-likeness (QED) is 0.840. The van der Waals surface area contributed by atoms with Crippen LogP contribution in [0.3, 0.4) is 0 Å². The zero-order valence-corrected chi connectivity index (χ0v) is 14.3. The molecule has 2 aromatic carbocycles. The Hall–Kier alpha value is -1.81. The van der Waals surface area contributed by atoms with Gasteiger partial charge in [-0.1, -0.05) is 40.2 Å². The fraction of sp³-hybridized carbons (Fsp3) is 0.278. The van der Waals surface area contributed by atoms with Gasteiger partial charge >= 0.3 is 0 Å². The summed E-state index contributed by atoms with van der Waals surface area (Å²) in [5, 5.41) is 3.59. The van der Waals surface area contributed by atoms with Crippen LogP contribution < -0.4 is 10.2 Å². The third-order valence-electron chi connectivity index (χ3n) is 4.10. The summed E-state index contributed by atoms with van der Waals surface area (Å²) in [5.74, 6) is 0.0880. The Labute approximate surface area is 139 Å². The normalized spacial score (nSPS) is 20.4. The molecule has 4 heteroatoms. The van der Waals surface area contributed by atoms with E-state index in [4.69, 9.17) is 0 Å². The molecule has 1 aliphatic rings. The van der Waals surface area contributed by atoms with E-state index < -0.39 is 0 Å². The van der Waals surface area contributed by atoms with Gasteiger partial charge in [-0.15, -0.1) is 0 Å². The van der Waals surface area contributed by atoms with Gasteiger partial charge in [0.2, 0.25) is 5.91 Å². The first kappa shape index (κ1) is 15.1. The van der Waals surface area contributed by atoms with Crippen LogP contribution in [0.15, 0.2) is 53.0 Å². The number of hydrogen-bond acceptors (Lipinski definition) is 2. The minimum atomic E-state index is 0.0880. The van der Waals surface area contributed by atoms with Crippen LogP contribution in [-0.4, -0.2) is 11.9 Å². The highest BCUT2D eigenvalue weighted by Crippen LogP contribution is 2.40. The van der Waals surface area contributed by atoms with E-state index in [0.717, 1.165) is 22.3 Å². The topological polar surface area (TPSA) is 32.3 Å². The van der Waals surface area contributed by atoms with Crippen molar-refractivity contribution in [1.29, 1.82) is 0 Å². The van der Waals surface area contributed by atoms with Gasteiger partial charge in [-0.25, -0.2) is 0 Å². The van der Waals surface area contributed by atoms with Crippen molar-refractivity contribution in [2.75, 3.05) is 10.2 Å². The Bertz CT molecular complexity index is 687. The lowest BCUT2D eigenvalue weighted by atomic mass is 9.91. The van der Waals surface area contributed by atoms with Crippen LogP contribution in [0.2, 0.25) is 0 Å². The first-order chi connectivity index (χ1) is 10.6. The van der Waals surface area contributed by atoms with Crippen molar-refractivity contribution in [2.24, 2.45) is 0 Å². The van der Waals surface area contributed by atoms with Gasteiger partial charge in [0.05, 0.1) is 11.7 Å². The summed E-state index contributed by atoms with van der Waals surface area (Å²) in [6.07, 6.45) is 0.892. The Balaban J connectivity index is 2.00. The monoisotopic (exact) mass is 358 g/mol. The zero-order valence-electron chi connectivity index (χ0n) is 12.7. The van der Waals surface area contributed by atoms with E-state index in [9.17, 15) is 4.79 Å². The Kier molecular flexibility index (Phi) is 4.21. The van der Waals surface area contributed by atoms with Crippen molar-refractivity contribution in [2.45, 2.75) is 32.4 Å². The summed E-state index contributed by atoms with van der Waals surface area (Å²) in [6.45, 7) is 3.73. The molecule has 0 fully saturated rings. The maximum atomic E-state index is 12.0. The van der Waals surface area contributed by atoms with Gasteiger partial charge < -0.3 is 10.2 Å². The summed E-state index contributed by atoms with van der Waals surface area (Å²) in [6, 6.07) is 16.7. The molecular weight excluding hydrogens is 340 g/mol. The van der Waals surface area contributed by atoms with Gasteiger partial charge in [-0.3, -0.25) is 4.79 Å². The Morgan fingerprint density at radius 2 is 1.95 bits per heavy atom. The van der Waals surface area contributed by atoms with E-state index in [1.807, 2.05) is 35.2 Å². The third kappa shape index (κ3) is 2.88. The minimum absolute atomic E-state index is 0.0880. The number of halogens is 1. The van der Waals surface area contributed by atoms with Crippen molar-refractivity contribution >= 4 is 33.2 Å². The highest BCUT2D eigenvalue weighted by Gasteiger charge is 2.32. The second-order valence-corrected chi connectivity index (χ2v) is 6.66. The average molecular weight is 359 g/mol. The van der Waals surface area contributed by atoms with Gasteiger partial charge in [0, 0.05) is 23.1 Å². The first-order valence-electron chi connectivity index (χ1n) is 7.47. The molecule has 0 aromatic heterocycles. The van der Waals surface area contributed by atoms with E-state index in [2.05, 4.69) is 46.4 Å². The van der Waals surface area contributed by atoms with Crippen molar-refractivity contribution in [3.8, 4) is 0 Å². The summed E-state index contributed by atoms with van der Waals surface area (Å²) < 4.78 is 0.991. The predicted molar refractivity (Wildman–Crippen MR) is 94.2 cm³/mol. The maximum absolute atomic E-state index is 12.0. The molecule has 0 saturated carbocycles. The standard InChI is InChI=1S/C18H19BrN2O/c1-12-10-17(20-15-6-4-3-5-7-15)16-9-8-14(19)11-18(16)21(12)13(2)22/h3-9,11-12,17,20H,10H2,1-2H3. The van der Waals surface area contributed by atoms with Gasteiger partial charge in [0.15, 0.2) is 0 Å². The number of nitrogens with zero attached hydrogens (tertiary/aromatic N) is 1. The van der Waals surface area contributed by atoms with E-state index in [1.54, 1.807) is 6.92 Å². The van der Waals surface area contributed by atoms with E-state index in [0.29, 0.717) is 0 Å². The number of anilines is 2. The lowest BCUT2D eigenvalue weighted by Gasteiger charge is -2.39. The number of fused-ring (bicyclic) bond motifs is 1. The van der Waals surface area contributed by atoms with Crippen molar-refractivity contribution in [1.82, 2.24) is 0 Å². The van der Waals surface area contributed by atoms with E-state index in [-0.39, 0.29) is 18.0 Å². The molecule has 2 unspecified atom stereocenters. The second kappa shape index (κ2) is 6.13. The van der Waals surface area contributed by atoms with Crippen molar-refractivity contribution in [3.63, 3.8) is 0 Å². The van der Waals surface area contributed by atoms with Crippen LogP contribution in [-0.2, 0) is 4.79 Å². The molecule has 3 rings (SSSR count). The van der Waals surface area contributed by atoms with Crippen LogP contribution in [0.5, 0.6) is 0 Å². The van der Waals surface area contributed by atoms with E-state index >= 15 is 0 Å². The highest BCUT2D eigenvalue weighted by molar-refractivity contribution is 9.10. The molecule has 114 valence electrons. The first-order valence-corrected chi connectivity index (χ1v) is 8.26. The zero-order chi connectivity index (χ0) is 15.7. The molecule has 0 spiro atoms. The van der Waals surface area contributed by atoms with Crippen molar-refractivity contribution < 1.29 is 4.79 Å². The average Bonchev–Trinajstić information content (AvgIpc) is 2.47. The largest absolute Gasteiger partial charge is 0.378 e. The predicted octanol–water partition coefficient (Wildman–Crippen LogP) is 4.75. The summed E-state index contributed by atoms with van der Waals surface area (Å²) in [7, 11) is 0. The van der Waals surface area contributed by atoms with Crippen LogP contribution >= 0.6 is 15.9 Å². The Morgan fingerprint density at radius 3 is 2.64 bits per heavy atom. The molecule has 3 nitrogen and oxygen atoms in total. The molecule has 2 aromatic rings. The lowest BCUT2D eigenvalue weighted by Crippen LogP contribution is -2.43. The van der Waals surface area contributed by atoms with Gasteiger partial charge in [0.25, 0.3) is 0 Å². The molecule has 1 aliphatic heterocycles. The van der Waals surface area contributed by atoms with Crippen LogP contribution in [0.4, 0.5) is 11.4 Å².